The SMILES string of the molecule is CC(C)COc1cc(C(=O)NCCCOC(C)C)ccc1N. The molecular formula is C17H28N2O3. The van der Waals surface area contributed by atoms with E-state index in [4.69, 9.17) is 15.2 Å². The van der Waals surface area contributed by atoms with Gasteiger partial charge in [-0.15, -0.1) is 0 Å². The Morgan fingerprint density at radius 3 is 2.64 bits per heavy atom. The monoisotopic (exact) mass is 308 g/mol. The Hall–Kier alpha value is -1.75. The van der Waals surface area contributed by atoms with Gasteiger partial charge in [0.25, 0.3) is 5.91 Å². The number of carbonyl (C=O) groups excluding carboxylic acids is 1. The first-order valence-corrected chi connectivity index (χ1v) is 7.82. The number of anilines is 1. The van der Waals surface area contributed by atoms with Crippen molar-refractivity contribution in [3.8, 4) is 5.75 Å². The number of carbonyl (C=O) groups is 1. The molecule has 0 fully saturated rings. The number of hydrogen-bond acceptors (Lipinski definition) is 4. The van der Waals surface area contributed by atoms with Gasteiger partial charge in [-0.25, -0.2) is 0 Å². The molecule has 0 aromatic heterocycles. The van der Waals surface area contributed by atoms with Crippen LogP contribution in [0.5, 0.6) is 5.75 Å². The van der Waals surface area contributed by atoms with E-state index in [1.165, 1.54) is 0 Å². The van der Waals surface area contributed by atoms with Crippen molar-refractivity contribution in [3.05, 3.63) is 23.8 Å². The first-order chi connectivity index (χ1) is 10.4. The molecule has 1 aromatic rings. The molecule has 0 heterocycles. The summed E-state index contributed by atoms with van der Waals surface area (Å²) in [6, 6.07) is 5.10. The van der Waals surface area contributed by atoms with Crippen LogP contribution in [0.25, 0.3) is 0 Å². The highest BCUT2D eigenvalue weighted by atomic mass is 16.5. The summed E-state index contributed by atoms with van der Waals surface area (Å²) in [4.78, 5) is 12.1. The molecule has 5 nitrogen and oxygen atoms in total. The maximum absolute atomic E-state index is 12.1. The van der Waals surface area contributed by atoms with Crippen LogP contribution in [-0.4, -0.2) is 31.8 Å². The lowest BCUT2D eigenvalue weighted by molar-refractivity contribution is 0.0757. The first-order valence-electron chi connectivity index (χ1n) is 7.82. The minimum Gasteiger partial charge on any atom is -0.491 e. The molecule has 0 unspecified atom stereocenters. The summed E-state index contributed by atoms with van der Waals surface area (Å²) in [5.41, 5.74) is 6.97. The van der Waals surface area contributed by atoms with Gasteiger partial charge in [0.05, 0.1) is 18.4 Å². The van der Waals surface area contributed by atoms with E-state index < -0.39 is 0 Å². The Balaban J connectivity index is 2.49. The van der Waals surface area contributed by atoms with Crippen LogP contribution in [0.15, 0.2) is 18.2 Å². The summed E-state index contributed by atoms with van der Waals surface area (Å²) in [6.07, 6.45) is 1.00. The van der Waals surface area contributed by atoms with E-state index in [0.29, 0.717) is 42.7 Å². The molecule has 3 N–H and O–H groups in total. The van der Waals surface area contributed by atoms with Crippen LogP contribution < -0.4 is 15.8 Å². The number of amides is 1. The fourth-order valence-corrected chi connectivity index (χ4v) is 1.75. The average Bonchev–Trinajstić information content (AvgIpc) is 2.45. The highest BCUT2D eigenvalue weighted by Gasteiger charge is 2.09. The standard InChI is InChI=1S/C17H28N2O3/c1-12(2)11-22-16-10-14(6-7-15(16)18)17(20)19-8-5-9-21-13(3)4/h6-7,10,12-13H,5,8-9,11,18H2,1-4H3,(H,19,20). The van der Waals surface area contributed by atoms with Crippen LogP contribution in [0.2, 0.25) is 0 Å². The van der Waals surface area contributed by atoms with Gasteiger partial charge in [0, 0.05) is 18.7 Å². The van der Waals surface area contributed by atoms with Crippen molar-refractivity contribution in [2.45, 2.75) is 40.2 Å². The number of benzene rings is 1. The smallest absolute Gasteiger partial charge is 0.251 e. The fraction of sp³-hybridized carbons (Fsp3) is 0.588. The van der Waals surface area contributed by atoms with Crippen LogP contribution in [-0.2, 0) is 4.74 Å². The molecule has 0 saturated heterocycles. The van der Waals surface area contributed by atoms with Crippen LogP contribution >= 0.6 is 0 Å². The van der Waals surface area contributed by atoms with Crippen LogP contribution in [0.1, 0.15) is 44.5 Å². The van der Waals surface area contributed by atoms with Gasteiger partial charge in [-0.05, 0) is 44.4 Å². The molecule has 22 heavy (non-hydrogen) atoms. The minimum absolute atomic E-state index is 0.126. The number of nitrogen functional groups attached to an aromatic ring is 1. The molecule has 0 bridgehead atoms. The Kier molecular flexibility index (Phi) is 7.74. The van der Waals surface area contributed by atoms with Gasteiger partial charge < -0.3 is 20.5 Å². The van der Waals surface area contributed by atoms with Crippen molar-refractivity contribution in [2.75, 3.05) is 25.5 Å². The number of nitrogens with two attached hydrogens (primary N) is 1. The second-order valence-corrected chi connectivity index (χ2v) is 5.99. The number of hydrogen-bond donors (Lipinski definition) is 2. The summed E-state index contributed by atoms with van der Waals surface area (Å²) >= 11 is 0. The van der Waals surface area contributed by atoms with Gasteiger partial charge in [-0.2, -0.15) is 0 Å². The maximum Gasteiger partial charge on any atom is 0.251 e. The number of nitrogens with one attached hydrogen (secondary N) is 1. The van der Waals surface area contributed by atoms with Gasteiger partial charge in [0.1, 0.15) is 5.75 Å². The fourth-order valence-electron chi connectivity index (χ4n) is 1.75. The van der Waals surface area contributed by atoms with Gasteiger partial charge >= 0.3 is 0 Å². The molecule has 1 aromatic carbocycles. The predicted molar refractivity (Wildman–Crippen MR) is 89.2 cm³/mol. The molecule has 0 spiro atoms. The zero-order valence-corrected chi connectivity index (χ0v) is 14.0. The van der Waals surface area contributed by atoms with E-state index in [2.05, 4.69) is 19.2 Å². The summed E-state index contributed by atoms with van der Waals surface area (Å²) in [5.74, 6) is 0.835. The Morgan fingerprint density at radius 1 is 1.27 bits per heavy atom. The summed E-state index contributed by atoms with van der Waals surface area (Å²) in [6.45, 7) is 9.90. The molecule has 0 saturated carbocycles. The zero-order chi connectivity index (χ0) is 16.5. The third-order valence-corrected chi connectivity index (χ3v) is 2.91. The van der Waals surface area contributed by atoms with Crippen LogP contribution in [0, 0.1) is 5.92 Å². The maximum atomic E-state index is 12.1. The summed E-state index contributed by atoms with van der Waals surface area (Å²) in [5, 5.41) is 2.87. The number of ether oxygens (including phenoxy) is 2. The largest absolute Gasteiger partial charge is 0.491 e. The normalized spacial score (nSPS) is 11.0. The summed E-state index contributed by atoms with van der Waals surface area (Å²) in [7, 11) is 0. The Labute approximate surface area is 133 Å². The topological polar surface area (TPSA) is 73.6 Å². The molecule has 0 aliphatic carbocycles. The third kappa shape index (κ3) is 6.80. The lowest BCUT2D eigenvalue weighted by atomic mass is 10.1. The van der Waals surface area contributed by atoms with E-state index in [1.54, 1.807) is 18.2 Å². The molecule has 0 radical (unpaired) electrons. The van der Waals surface area contributed by atoms with Gasteiger partial charge in [-0.1, -0.05) is 13.8 Å². The molecule has 124 valence electrons. The van der Waals surface area contributed by atoms with E-state index in [0.717, 1.165) is 6.42 Å². The molecule has 1 amide bonds. The molecule has 0 aliphatic rings. The predicted octanol–water partition coefficient (Wildman–Crippen LogP) is 2.85. The molecular weight excluding hydrogens is 280 g/mol. The average molecular weight is 308 g/mol. The molecule has 1 rings (SSSR count). The minimum atomic E-state index is -0.126. The first kappa shape index (κ1) is 18.3. The third-order valence-electron chi connectivity index (χ3n) is 2.91. The molecule has 5 heteroatoms. The van der Waals surface area contributed by atoms with Crippen LogP contribution in [0.3, 0.4) is 0 Å². The lowest BCUT2D eigenvalue weighted by Crippen LogP contribution is -2.25. The van der Waals surface area contributed by atoms with Gasteiger partial charge in [-0.3, -0.25) is 4.79 Å². The molecule has 0 atom stereocenters. The lowest BCUT2D eigenvalue weighted by Gasteiger charge is -2.13. The second kappa shape index (κ2) is 9.30. The highest BCUT2D eigenvalue weighted by molar-refractivity contribution is 5.95. The van der Waals surface area contributed by atoms with Gasteiger partial charge in [0.2, 0.25) is 0 Å². The Morgan fingerprint density at radius 2 is 2.00 bits per heavy atom. The second-order valence-electron chi connectivity index (χ2n) is 5.99. The van der Waals surface area contributed by atoms with E-state index in [1.807, 2.05) is 13.8 Å². The van der Waals surface area contributed by atoms with E-state index in [9.17, 15) is 4.79 Å². The van der Waals surface area contributed by atoms with Crippen molar-refractivity contribution in [1.82, 2.24) is 5.32 Å². The van der Waals surface area contributed by atoms with Crippen molar-refractivity contribution in [3.63, 3.8) is 0 Å². The quantitative estimate of drug-likeness (QED) is 0.543. The van der Waals surface area contributed by atoms with Gasteiger partial charge in [0.15, 0.2) is 0 Å². The van der Waals surface area contributed by atoms with Crippen molar-refractivity contribution >= 4 is 11.6 Å². The van der Waals surface area contributed by atoms with E-state index >= 15 is 0 Å². The van der Waals surface area contributed by atoms with Crippen molar-refractivity contribution in [2.24, 2.45) is 5.92 Å². The summed E-state index contributed by atoms with van der Waals surface area (Å²) < 4.78 is 11.1. The van der Waals surface area contributed by atoms with E-state index in [-0.39, 0.29) is 12.0 Å². The number of rotatable bonds is 9. The Bertz CT molecular complexity index is 473. The highest BCUT2D eigenvalue weighted by Crippen LogP contribution is 2.23. The van der Waals surface area contributed by atoms with Crippen molar-refractivity contribution < 1.29 is 14.3 Å². The van der Waals surface area contributed by atoms with Crippen LogP contribution in [0.4, 0.5) is 5.69 Å². The zero-order valence-electron chi connectivity index (χ0n) is 14.0. The van der Waals surface area contributed by atoms with Crippen molar-refractivity contribution in [1.29, 1.82) is 0 Å². The molecule has 0 aliphatic heterocycles.